The molecule has 0 radical (unpaired) electrons. The van der Waals surface area contributed by atoms with Crippen LogP contribution in [0.3, 0.4) is 0 Å². The summed E-state index contributed by atoms with van der Waals surface area (Å²) in [5.41, 5.74) is 3.77. The molecule has 0 saturated heterocycles. The quantitative estimate of drug-likeness (QED) is 0.605. The lowest BCUT2D eigenvalue weighted by atomic mass is 10.1. The van der Waals surface area contributed by atoms with Crippen LogP contribution in [0.4, 0.5) is 0 Å². The van der Waals surface area contributed by atoms with E-state index in [4.69, 9.17) is 29.0 Å². The van der Waals surface area contributed by atoms with Gasteiger partial charge in [-0.05, 0) is 24.1 Å². The zero-order valence-electron chi connectivity index (χ0n) is 7.35. The Labute approximate surface area is 88.0 Å². The molecule has 4 heteroatoms. The molecule has 2 nitrogen and oxygen atoms in total. The highest BCUT2D eigenvalue weighted by atomic mass is 35.5. The van der Waals surface area contributed by atoms with Crippen molar-refractivity contribution in [2.45, 2.75) is 19.4 Å². The lowest BCUT2D eigenvalue weighted by molar-refractivity contribution is 0.539. The summed E-state index contributed by atoms with van der Waals surface area (Å²) >= 11 is 11.7. The van der Waals surface area contributed by atoms with E-state index in [0.717, 1.165) is 12.0 Å². The summed E-state index contributed by atoms with van der Waals surface area (Å²) in [5, 5.41) is 1.13. The smallest absolute Gasteiger partial charge is 0.0595 e. The largest absolute Gasteiger partial charge is 0.271 e. The molecule has 1 atom stereocenters. The number of benzene rings is 1. The highest BCUT2D eigenvalue weighted by Gasteiger charge is 2.08. The molecule has 0 fully saturated rings. The van der Waals surface area contributed by atoms with E-state index in [1.807, 2.05) is 19.1 Å². The van der Waals surface area contributed by atoms with E-state index < -0.39 is 0 Å². The molecule has 0 amide bonds. The highest BCUT2D eigenvalue weighted by molar-refractivity contribution is 6.42. The van der Waals surface area contributed by atoms with Crippen molar-refractivity contribution in [1.29, 1.82) is 0 Å². The standard InChI is InChI=1S/C9H12Cl2N2/c1-2-9(13-12)6-3-4-7(10)8(11)5-6/h3-5,9,13H,2,12H2,1H3. The number of halogens is 2. The van der Waals surface area contributed by atoms with Gasteiger partial charge in [-0.15, -0.1) is 0 Å². The first-order chi connectivity index (χ1) is 6.19. The van der Waals surface area contributed by atoms with E-state index in [1.54, 1.807) is 6.07 Å². The predicted octanol–water partition coefficient (Wildman–Crippen LogP) is 2.91. The van der Waals surface area contributed by atoms with Crippen LogP contribution >= 0.6 is 23.2 Å². The van der Waals surface area contributed by atoms with Gasteiger partial charge in [0.2, 0.25) is 0 Å². The van der Waals surface area contributed by atoms with Gasteiger partial charge in [-0.1, -0.05) is 36.2 Å². The monoisotopic (exact) mass is 218 g/mol. The molecule has 1 rings (SSSR count). The van der Waals surface area contributed by atoms with Gasteiger partial charge in [0, 0.05) is 6.04 Å². The third-order valence-electron chi connectivity index (χ3n) is 1.96. The minimum atomic E-state index is 0.134. The Morgan fingerprint density at radius 2 is 2.08 bits per heavy atom. The number of rotatable bonds is 3. The number of hydrogen-bond acceptors (Lipinski definition) is 2. The Balaban J connectivity index is 2.95. The summed E-state index contributed by atoms with van der Waals surface area (Å²) in [6.07, 6.45) is 0.911. The van der Waals surface area contributed by atoms with E-state index in [9.17, 15) is 0 Å². The number of hydrazine groups is 1. The van der Waals surface area contributed by atoms with Gasteiger partial charge in [-0.25, -0.2) is 0 Å². The molecular formula is C9H12Cl2N2. The first-order valence-corrected chi connectivity index (χ1v) is 4.85. The summed E-state index contributed by atoms with van der Waals surface area (Å²) in [5.74, 6) is 5.38. The second-order valence-electron chi connectivity index (χ2n) is 2.80. The highest BCUT2D eigenvalue weighted by Crippen LogP contribution is 2.26. The normalized spacial score (nSPS) is 12.9. The molecule has 0 aliphatic heterocycles. The fourth-order valence-electron chi connectivity index (χ4n) is 1.18. The number of hydrogen-bond donors (Lipinski definition) is 2. The lowest BCUT2D eigenvalue weighted by Gasteiger charge is -2.14. The predicted molar refractivity (Wildman–Crippen MR) is 56.8 cm³/mol. The first kappa shape index (κ1) is 10.8. The Bertz CT molecular complexity index is 285. The first-order valence-electron chi connectivity index (χ1n) is 4.10. The molecule has 1 aromatic carbocycles. The number of nitrogens with two attached hydrogens (primary N) is 1. The minimum absolute atomic E-state index is 0.134. The van der Waals surface area contributed by atoms with Crippen molar-refractivity contribution in [3.63, 3.8) is 0 Å². The van der Waals surface area contributed by atoms with E-state index in [1.165, 1.54) is 0 Å². The van der Waals surface area contributed by atoms with Crippen LogP contribution in [0.15, 0.2) is 18.2 Å². The second-order valence-corrected chi connectivity index (χ2v) is 3.62. The number of nitrogens with one attached hydrogen (secondary N) is 1. The average Bonchev–Trinajstić information content (AvgIpc) is 2.13. The van der Waals surface area contributed by atoms with Crippen molar-refractivity contribution in [2.24, 2.45) is 5.84 Å². The van der Waals surface area contributed by atoms with Gasteiger partial charge in [0.25, 0.3) is 0 Å². The fraction of sp³-hybridized carbons (Fsp3) is 0.333. The van der Waals surface area contributed by atoms with Crippen molar-refractivity contribution in [2.75, 3.05) is 0 Å². The van der Waals surface area contributed by atoms with Gasteiger partial charge >= 0.3 is 0 Å². The van der Waals surface area contributed by atoms with E-state index in [2.05, 4.69) is 5.43 Å². The van der Waals surface area contributed by atoms with E-state index in [-0.39, 0.29) is 6.04 Å². The average molecular weight is 219 g/mol. The van der Waals surface area contributed by atoms with Gasteiger partial charge in [-0.3, -0.25) is 11.3 Å². The van der Waals surface area contributed by atoms with E-state index >= 15 is 0 Å². The topological polar surface area (TPSA) is 38.0 Å². The van der Waals surface area contributed by atoms with Crippen LogP contribution in [0.1, 0.15) is 24.9 Å². The van der Waals surface area contributed by atoms with Crippen molar-refractivity contribution in [3.05, 3.63) is 33.8 Å². The van der Waals surface area contributed by atoms with Crippen LogP contribution < -0.4 is 11.3 Å². The van der Waals surface area contributed by atoms with Crippen LogP contribution in [0, 0.1) is 0 Å². The molecule has 0 aliphatic rings. The molecule has 0 heterocycles. The maximum absolute atomic E-state index is 5.87. The third kappa shape index (κ3) is 2.58. The molecular weight excluding hydrogens is 207 g/mol. The van der Waals surface area contributed by atoms with Gasteiger partial charge in [0.05, 0.1) is 10.0 Å². The summed E-state index contributed by atoms with van der Waals surface area (Å²) in [6, 6.07) is 5.66. The molecule has 1 aromatic rings. The van der Waals surface area contributed by atoms with Crippen LogP contribution in [0.5, 0.6) is 0 Å². The second kappa shape index (κ2) is 4.82. The molecule has 3 N–H and O–H groups in total. The summed E-state index contributed by atoms with van der Waals surface area (Å²) < 4.78 is 0. The minimum Gasteiger partial charge on any atom is -0.271 e. The van der Waals surface area contributed by atoms with Crippen LogP contribution in [0.2, 0.25) is 10.0 Å². The maximum atomic E-state index is 5.87. The zero-order chi connectivity index (χ0) is 9.84. The SMILES string of the molecule is CCC(NN)c1ccc(Cl)c(Cl)c1. The zero-order valence-corrected chi connectivity index (χ0v) is 8.86. The van der Waals surface area contributed by atoms with Crippen LogP contribution in [0.25, 0.3) is 0 Å². The summed E-state index contributed by atoms with van der Waals surface area (Å²) in [4.78, 5) is 0. The van der Waals surface area contributed by atoms with Crippen molar-refractivity contribution in [3.8, 4) is 0 Å². The fourth-order valence-corrected chi connectivity index (χ4v) is 1.49. The third-order valence-corrected chi connectivity index (χ3v) is 2.69. The molecule has 0 spiro atoms. The van der Waals surface area contributed by atoms with Crippen molar-refractivity contribution in [1.82, 2.24) is 5.43 Å². The Kier molecular flexibility index (Phi) is 4.00. The molecule has 13 heavy (non-hydrogen) atoms. The van der Waals surface area contributed by atoms with Crippen LogP contribution in [-0.4, -0.2) is 0 Å². The van der Waals surface area contributed by atoms with Crippen LogP contribution in [-0.2, 0) is 0 Å². The van der Waals surface area contributed by atoms with Gasteiger partial charge in [-0.2, -0.15) is 0 Å². The molecule has 72 valence electrons. The molecule has 0 bridgehead atoms. The summed E-state index contributed by atoms with van der Waals surface area (Å²) in [7, 11) is 0. The summed E-state index contributed by atoms with van der Waals surface area (Å²) in [6.45, 7) is 2.05. The van der Waals surface area contributed by atoms with Crippen molar-refractivity contribution >= 4 is 23.2 Å². The Morgan fingerprint density at radius 1 is 1.38 bits per heavy atom. The van der Waals surface area contributed by atoms with E-state index in [0.29, 0.717) is 10.0 Å². The Morgan fingerprint density at radius 3 is 2.54 bits per heavy atom. The molecule has 0 saturated carbocycles. The molecule has 0 aliphatic carbocycles. The molecule has 1 unspecified atom stereocenters. The van der Waals surface area contributed by atoms with Gasteiger partial charge in [0.1, 0.15) is 0 Å². The van der Waals surface area contributed by atoms with Crippen molar-refractivity contribution < 1.29 is 0 Å². The molecule has 0 aromatic heterocycles. The lowest BCUT2D eigenvalue weighted by Crippen LogP contribution is -2.27. The maximum Gasteiger partial charge on any atom is 0.0595 e. The van der Waals surface area contributed by atoms with Gasteiger partial charge in [0.15, 0.2) is 0 Å². The Hall–Kier alpha value is -0.280. The van der Waals surface area contributed by atoms with Gasteiger partial charge < -0.3 is 0 Å².